The summed E-state index contributed by atoms with van der Waals surface area (Å²) in [4.78, 5) is 51.9. The third-order valence-electron chi connectivity index (χ3n) is 6.36. The van der Waals surface area contributed by atoms with Gasteiger partial charge in [0, 0.05) is 20.0 Å². The van der Waals surface area contributed by atoms with Crippen LogP contribution in [0.4, 0.5) is 0 Å². The highest BCUT2D eigenvalue weighted by Crippen LogP contribution is 2.59. The van der Waals surface area contributed by atoms with E-state index in [0.29, 0.717) is 6.42 Å². The number of carbonyl (C=O) groups excluding carboxylic acids is 4. The van der Waals surface area contributed by atoms with Crippen LogP contribution in [0.2, 0.25) is 0 Å². The van der Waals surface area contributed by atoms with Crippen LogP contribution in [0.25, 0.3) is 0 Å². The van der Waals surface area contributed by atoms with Gasteiger partial charge >= 0.3 is 0 Å². The molecule has 0 N–H and O–H groups in total. The maximum Gasteiger partial charge on any atom is 0.235 e. The second kappa shape index (κ2) is 3.90. The van der Waals surface area contributed by atoms with Gasteiger partial charge in [-0.3, -0.25) is 29.0 Å². The van der Waals surface area contributed by atoms with E-state index in [2.05, 4.69) is 0 Å². The molecule has 5 aliphatic rings. The summed E-state index contributed by atoms with van der Waals surface area (Å²) < 4.78 is 5.98. The Morgan fingerprint density at radius 2 is 1.48 bits per heavy atom. The molecular weight excluding hydrogens is 300 g/mol. The average Bonchev–Trinajstić information content (AvgIpc) is 3.23. The number of likely N-dealkylation sites (tertiary alicyclic amines) is 2. The van der Waals surface area contributed by atoms with E-state index in [4.69, 9.17) is 4.74 Å². The summed E-state index contributed by atoms with van der Waals surface area (Å²) in [7, 11) is 3.01. The van der Waals surface area contributed by atoms with Crippen molar-refractivity contribution in [2.75, 3.05) is 14.1 Å². The van der Waals surface area contributed by atoms with Crippen LogP contribution in [0.5, 0.6) is 0 Å². The van der Waals surface area contributed by atoms with Crippen molar-refractivity contribution in [2.45, 2.75) is 18.6 Å². The van der Waals surface area contributed by atoms with Crippen LogP contribution in [0.15, 0.2) is 11.6 Å². The van der Waals surface area contributed by atoms with Crippen LogP contribution in [0, 0.1) is 29.6 Å². The lowest BCUT2D eigenvalue weighted by Gasteiger charge is -2.35. The molecule has 23 heavy (non-hydrogen) atoms. The van der Waals surface area contributed by atoms with Gasteiger partial charge in [0.2, 0.25) is 23.6 Å². The van der Waals surface area contributed by atoms with Gasteiger partial charge in [0.1, 0.15) is 0 Å². The first-order chi connectivity index (χ1) is 10.9. The number of carbonyl (C=O) groups is 4. The molecule has 4 fully saturated rings. The molecule has 120 valence electrons. The van der Waals surface area contributed by atoms with Gasteiger partial charge < -0.3 is 4.74 Å². The number of hydrogen-bond donors (Lipinski definition) is 0. The predicted octanol–water partition coefficient (Wildman–Crippen LogP) is -0.824. The molecule has 4 saturated heterocycles. The minimum atomic E-state index is -0.507. The molecule has 1 aliphatic carbocycles. The summed E-state index contributed by atoms with van der Waals surface area (Å²) >= 11 is 0. The quantitative estimate of drug-likeness (QED) is 0.430. The lowest BCUT2D eigenvalue weighted by Crippen LogP contribution is -2.44. The Hall–Kier alpha value is -2.02. The number of allylic oxidation sites excluding steroid dienone is 1. The molecule has 0 saturated carbocycles. The van der Waals surface area contributed by atoms with Crippen molar-refractivity contribution in [1.29, 1.82) is 0 Å². The van der Waals surface area contributed by atoms with Crippen molar-refractivity contribution in [2.24, 2.45) is 29.6 Å². The molecule has 7 nitrogen and oxygen atoms in total. The number of ether oxygens (including phenoxy) is 1. The number of nitrogens with zero attached hydrogens (tertiary/aromatic N) is 2. The van der Waals surface area contributed by atoms with Gasteiger partial charge in [-0.2, -0.15) is 0 Å². The van der Waals surface area contributed by atoms with Gasteiger partial charge in [-0.1, -0.05) is 6.08 Å². The van der Waals surface area contributed by atoms with Gasteiger partial charge in [-0.25, -0.2) is 0 Å². The van der Waals surface area contributed by atoms with Crippen LogP contribution in [0.1, 0.15) is 6.42 Å². The third kappa shape index (κ3) is 1.28. The van der Waals surface area contributed by atoms with Gasteiger partial charge in [-0.15, -0.1) is 0 Å². The second-order valence-electron chi connectivity index (χ2n) is 7.14. The van der Waals surface area contributed by atoms with Crippen LogP contribution in [-0.2, 0) is 23.9 Å². The molecule has 7 atom stereocenters. The molecule has 5 rings (SSSR count). The molecule has 0 spiro atoms. The van der Waals surface area contributed by atoms with Gasteiger partial charge in [0.15, 0.2) is 0 Å². The molecule has 7 heteroatoms. The Kier molecular flexibility index (Phi) is 2.27. The van der Waals surface area contributed by atoms with E-state index >= 15 is 0 Å². The molecule has 0 unspecified atom stereocenters. The summed E-state index contributed by atoms with van der Waals surface area (Å²) in [6.07, 6.45) is 1.60. The molecule has 0 radical (unpaired) electrons. The SMILES string of the molecule is CN1C(=O)[C@@H]2[C@H]3O[C@H](C4=CC[C@H]5C(=O)N(C)C(=O)[C@H]5[C@@H]43)[C@@H]2C1=O. The monoisotopic (exact) mass is 316 g/mol. The average molecular weight is 316 g/mol. The Labute approximate surface area is 132 Å². The summed E-state index contributed by atoms with van der Waals surface area (Å²) in [5.41, 5.74) is 0.949. The summed E-state index contributed by atoms with van der Waals surface area (Å²) in [5, 5.41) is 0. The minimum absolute atomic E-state index is 0.152. The fraction of sp³-hybridized carbons (Fsp3) is 0.625. The summed E-state index contributed by atoms with van der Waals surface area (Å²) in [6, 6.07) is 0. The fourth-order valence-corrected chi connectivity index (χ4v) is 5.32. The first-order valence-electron chi connectivity index (χ1n) is 7.91. The summed E-state index contributed by atoms with van der Waals surface area (Å²) in [6.45, 7) is 0. The third-order valence-corrected chi connectivity index (χ3v) is 6.36. The maximum atomic E-state index is 12.5. The molecule has 2 bridgehead atoms. The van der Waals surface area contributed by atoms with E-state index in [1.54, 1.807) is 0 Å². The van der Waals surface area contributed by atoms with Crippen LogP contribution in [0.3, 0.4) is 0 Å². The zero-order chi connectivity index (χ0) is 16.2. The lowest BCUT2D eigenvalue weighted by molar-refractivity contribution is -0.142. The zero-order valence-electron chi connectivity index (χ0n) is 12.8. The number of fused-ring (bicyclic) bond motifs is 10. The molecule has 4 amide bonds. The molecule has 0 aromatic carbocycles. The maximum absolute atomic E-state index is 12.5. The van der Waals surface area contributed by atoms with E-state index in [-0.39, 0.29) is 35.5 Å². The van der Waals surface area contributed by atoms with E-state index in [1.165, 1.54) is 23.9 Å². The van der Waals surface area contributed by atoms with E-state index in [0.717, 1.165) is 5.57 Å². The van der Waals surface area contributed by atoms with E-state index in [9.17, 15) is 19.2 Å². The van der Waals surface area contributed by atoms with E-state index < -0.39 is 30.0 Å². The van der Waals surface area contributed by atoms with Crippen molar-refractivity contribution < 1.29 is 23.9 Å². The lowest BCUT2D eigenvalue weighted by atomic mass is 9.62. The predicted molar refractivity (Wildman–Crippen MR) is 74.4 cm³/mol. The van der Waals surface area contributed by atoms with Crippen LogP contribution in [-0.4, -0.2) is 59.7 Å². The van der Waals surface area contributed by atoms with Crippen molar-refractivity contribution in [3.8, 4) is 0 Å². The van der Waals surface area contributed by atoms with Gasteiger partial charge in [-0.05, 0) is 12.0 Å². The smallest absolute Gasteiger partial charge is 0.235 e. The van der Waals surface area contributed by atoms with Crippen molar-refractivity contribution in [3.05, 3.63) is 11.6 Å². The molecular formula is C16H16N2O5. The standard InChI is InChI=1S/C16H16N2O5/c1-17-13(19)6-4-3-5-7(8(6)14(17)20)12-10-9(11(5)23-12)15(21)18(2)16(10)22/h3,6-12H,4H2,1-2H3/t6-,7-,8-,9-,10+,11-,12+/m1/s1. The zero-order valence-corrected chi connectivity index (χ0v) is 12.8. The normalized spacial score (nSPS) is 47.2. The summed E-state index contributed by atoms with van der Waals surface area (Å²) in [5.74, 6) is -2.77. The number of rotatable bonds is 0. The number of amides is 4. The first kappa shape index (κ1) is 13.4. The first-order valence-corrected chi connectivity index (χ1v) is 7.91. The van der Waals surface area contributed by atoms with Crippen molar-refractivity contribution in [1.82, 2.24) is 9.80 Å². The Morgan fingerprint density at radius 3 is 2.22 bits per heavy atom. The molecule has 0 aromatic heterocycles. The molecule has 4 aliphatic heterocycles. The Balaban J connectivity index is 1.60. The van der Waals surface area contributed by atoms with Gasteiger partial charge in [0.05, 0.1) is 35.9 Å². The highest BCUT2D eigenvalue weighted by molar-refractivity contribution is 6.08. The largest absolute Gasteiger partial charge is 0.368 e. The van der Waals surface area contributed by atoms with Crippen molar-refractivity contribution >= 4 is 23.6 Å². The Morgan fingerprint density at radius 1 is 0.870 bits per heavy atom. The Bertz CT molecular complexity index is 728. The van der Waals surface area contributed by atoms with Gasteiger partial charge in [0.25, 0.3) is 0 Å². The van der Waals surface area contributed by atoms with Crippen molar-refractivity contribution in [3.63, 3.8) is 0 Å². The molecule has 0 aromatic rings. The van der Waals surface area contributed by atoms with Crippen LogP contribution < -0.4 is 0 Å². The number of hydrogen-bond acceptors (Lipinski definition) is 5. The fourth-order valence-electron chi connectivity index (χ4n) is 5.32. The highest BCUT2D eigenvalue weighted by Gasteiger charge is 2.70. The number of imide groups is 2. The second-order valence-corrected chi connectivity index (χ2v) is 7.14. The minimum Gasteiger partial charge on any atom is -0.368 e. The topological polar surface area (TPSA) is 84.0 Å². The highest BCUT2D eigenvalue weighted by atomic mass is 16.5. The van der Waals surface area contributed by atoms with E-state index in [1.807, 2.05) is 6.08 Å². The van der Waals surface area contributed by atoms with Crippen LogP contribution >= 0.6 is 0 Å². The molecule has 4 heterocycles.